The molecule has 0 aliphatic heterocycles. The van der Waals surface area contributed by atoms with Gasteiger partial charge in [-0.3, -0.25) is 0 Å². The van der Waals surface area contributed by atoms with Crippen molar-refractivity contribution in [2.24, 2.45) is 10.8 Å². The van der Waals surface area contributed by atoms with E-state index in [1.807, 2.05) is 0 Å². The second-order valence-electron chi connectivity index (χ2n) is 7.03. The molecule has 110 valence electrons. The summed E-state index contributed by atoms with van der Waals surface area (Å²) in [5.74, 6) is 0. The first kappa shape index (κ1) is 16.3. The van der Waals surface area contributed by atoms with Gasteiger partial charge in [-0.15, -0.1) is 11.6 Å². The zero-order chi connectivity index (χ0) is 14.6. The van der Waals surface area contributed by atoms with E-state index in [1.54, 1.807) is 0 Å². The van der Waals surface area contributed by atoms with Crippen LogP contribution in [-0.2, 0) is 0 Å². The Morgan fingerprint density at radius 1 is 1.32 bits per heavy atom. The Hall–Kier alpha value is 0.950. The van der Waals surface area contributed by atoms with Crippen molar-refractivity contribution >= 4 is 43.5 Å². The van der Waals surface area contributed by atoms with Crippen molar-refractivity contribution in [3.05, 3.63) is 12.2 Å². The van der Waals surface area contributed by atoms with Gasteiger partial charge in [0.2, 0.25) is 0 Å². The van der Waals surface area contributed by atoms with Crippen LogP contribution in [0.15, 0.2) is 12.2 Å². The third-order valence-electron chi connectivity index (χ3n) is 5.61. The smallest absolute Gasteiger partial charge is 0.0707 e. The summed E-state index contributed by atoms with van der Waals surface area (Å²) in [6.45, 7) is 10.9. The molecule has 19 heavy (non-hydrogen) atoms. The topological polar surface area (TPSA) is 20.2 Å². The van der Waals surface area contributed by atoms with Crippen LogP contribution in [0.4, 0.5) is 0 Å². The van der Waals surface area contributed by atoms with Gasteiger partial charge in [-0.05, 0) is 43.4 Å². The van der Waals surface area contributed by atoms with Crippen LogP contribution in [0.2, 0.25) is 0 Å². The average Bonchev–Trinajstić information content (AvgIpc) is 2.29. The van der Waals surface area contributed by atoms with E-state index in [4.69, 9.17) is 11.6 Å². The number of hydrogen-bond acceptors (Lipinski definition) is 1. The zero-order valence-electron chi connectivity index (χ0n) is 11.8. The van der Waals surface area contributed by atoms with Crippen molar-refractivity contribution in [2.45, 2.75) is 67.1 Å². The molecule has 2 aliphatic rings. The van der Waals surface area contributed by atoms with Gasteiger partial charge in [0.1, 0.15) is 0 Å². The first-order valence-electron chi connectivity index (χ1n) is 6.88. The molecule has 0 heterocycles. The van der Waals surface area contributed by atoms with E-state index in [0.29, 0.717) is 6.42 Å². The van der Waals surface area contributed by atoms with Crippen LogP contribution < -0.4 is 0 Å². The van der Waals surface area contributed by atoms with Gasteiger partial charge < -0.3 is 5.11 Å². The van der Waals surface area contributed by atoms with Crippen LogP contribution in [-0.4, -0.2) is 25.7 Å². The highest BCUT2D eigenvalue weighted by molar-refractivity contribution is 9.10. The van der Waals surface area contributed by atoms with Gasteiger partial charge in [-0.25, -0.2) is 0 Å². The van der Waals surface area contributed by atoms with Crippen LogP contribution in [0.5, 0.6) is 0 Å². The summed E-state index contributed by atoms with van der Waals surface area (Å²) in [4.78, 5) is 0.0917. The Balaban J connectivity index is 2.39. The molecule has 0 bridgehead atoms. The lowest BCUT2D eigenvalue weighted by molar-refractivity contribution is -0.0175. The Kier molecular flexibility index (Phi) is 4.29. The van der Waals surface area contributed by atoms with Crippen LogP contribution in [0, 0.1) is 10.8 Å². The van der Waals surface area contributed by atoms with E-state index < -0.39 is 0 Å². The SMILES string of the molecule is C=C1C[C@H](O)[C@H](Br)C(C)(C)[C@]12CC[C@@](C)(Br)[C@H](Cl)C2. The molecular weight excluding hydrogens is 391 g/mol. The molecule has 0 radical (unpaired) electrons. The second kappa shape index (κ2) is 5.00. The highest BCUT2D eigenvalue weighted by Gasteiger charge is 2.59. The van der Waals surface area contributed by atoms with Gasteiger partial charge in [-0.2, -0.15) is 0 Å². The maximum absolute atomic E-state index is 10.2. The van der Waals surface area contributed by atoms with Gasteiger partial charge in [0.05, 0.1) is 6.10 Å². The molecule has 0 aromatic carbocycles. The molecule has 2 saturated carbocycles. The number of hydrogen-bond donors (Lipinski definition) is 1. The molecule has 0 unspecified atom stereocenters. The predicted octanol–water partition coefficient (Wildman–Crippen LogP) is 5.03. The van der Waals surface area contributed by atoms with Crippen LogP contribution in [0.25, 0.3) is 0 Å². The minimum atomic E-state index is -0.348. The van der Waals surface area contributed by atoms with E-state index in [-0.39, 0.29) is 31.5 Å². The monoisotopic (exact) mass is 412 g/mol. The predicted molar refractivity (Wildman–Crippen MR) is 89.5 cm³/mol. The fourth-order valence-electron chi connectivity index (χ4n) is 3.89. The third-order valence-corrected chi connectivity index (χ3v) is 9.22. The van der Waals surface area contributed by atoms with Crippen LogP contribution in [0.3, 0.4) is 0 Å². The summed E-state index contributed by atoms with van der Waals surface area (Å²) in [5.41, 5.74) is 1.16. The molecule has 5 atom stereocenters. The third kappa shape index (κ3) is 2.37. The summed E-state index contributed by atoms with van der Waals surface area (Å²) >= 11 is 14.1. The lowest BCUT2D eigenvalue weighted by Gasteiger charge is -2.60. The number of alkyl halides is 3. The molecule has 2 rings (SSSR count). The molecule has 2 aliphatic carbocycles. The number of aliphatic hydroxyl groups excluding tert-OH is 1. The Labute approximate surface area is 138 Å². The summed E-state index contributed by atoms with van der Waals surface area (Å²) in [5, 5.41) is 10.3. The number of rotatable bonds is 0. The summed E-state index contributed by atoms with van der Waals surface area (Å²) in [7, 11) is 0. The molecule has 0 saturated heterocycles. The molecule has 2 fully saturated rings. The van der Waals surface area contributed by atoms with E-state index in [0.717, 1.165) is 19.3 Å². The van der Waals surface area contributed by atoms with E-state index in [9.17, 15) is 5.11 Å². The lowest BCUT2D eigenvalue weighted by Crippen LogP contribution is -2.58. The maximum atomic E-state index is 10.2. The second-order valence-corrected chi connectivity index (χ2v) is 10.4. The molecule has 1 N–H and O–H groups in total. The van der Waals surface area contributed by atoms with Gasteiger partial charge in [-0.1, -0.05) is 57.9 Å². The van der Waals surface area contributed by atoms with Gasteiger partial charge in [0, 0.05) is 14.5 Å². The molecule has 0 aromatic heterocycles. The first-order chi connectivity index (χ1) is 8.54. The van der Waals surface area contributed by atoms with Crippen molar-refractivity contribution in [2.75, 3.05) is 0 Å². The molecule has 1 nitrogen and oxygen atoms in total. The van der Waals surface area contributed by atoms with Crippen molar-refractivity contribution in [3.8, 4) is 0 Å². The first-order valence-corrected chi connectivity index (χ1v) is 9.02. The largest absolute Gasteiger partial charge is 0.392 e. The fraction of sp³-hybridized carbons (Fsp3) is 0.867. The summed E-state index contributed by atoms with van der Waals surface area (Å²) in [6, 6.07) is 0. The Morgan fingerprint density at radius 2 is 1.89 bits per heavy atom. The Morgan fingerprint density at radius 3 is 2.42 bits per heavy atom. The van der Waals surface area contributed by atoms with Gasteiger partial charge in [0.25, 0.3) is 0 Å². The van der Waals surface area contributed by atoms with Crippen molar-refractivity contribution in [1.29, 1.82) is 0 Å². The normalized spacial score (nSPS) is 50.5. The minimum absolute atomic E-state index is 0.00797. The van der Waals surface area contributed by atoms with Gasteiger partial charge in [0.15, 0.2) is 0 Å². The maximum Gasteiger partial charge on any atom is 0.0707 e. The summed E-state index contributed by atoms with van der Waals surface area (Å²) in [6.07, 6.45) is 3.39. The van der Waals surface area contributed by atoms with Crippen molar-refractivity contribution < 1.29 is 5.11 Å². The van der Waals surface area contributed by atoms with Crippen LogP contribution in [0.1, 0.15) is 46.5 Å². The highest BCUT2D eigenvalue weighted by Crippen LogP contribution is 2.64. The van der Waals surface area contributed by atoms with Crippen molar-refractivity contribution in [1.82, 2.24) is 0 Å². The van der Waals surface area contributed by atoms with E-state index in [2.05, 4.69) is 59.2 Å². The van der Waals surface area contributed by atoms with E-state index >= 15 is 0 Å². The molecule has 0 aromatic rings. The van der Waals surface area contributed by atoms with E-state index in [1.165, 1.54) is 5.57 Å². The molecule has 0 amide bonds. The number of aliphatic hydroxyl groups is 1. The Bertz CT molecular complexity index is 394. The minimum Gasteiger partial charge on any atom is -0.392 e. The lowest BCUT2D eigenvalue weighted by atomic mass is 9.49. The standard InChI is InChI=1S/C15H23Br2ClO/c1-9-7-10(19)12(16)13(2,3)15(9)6-5-14(4,17)11(18)8-15/h10-12,19H,1,5-8H2,2-4H3/t10-,11+,12-,14+,15-/m0/s1. The average molecular weight is 415 g/mol. The number of halogens is 3. The van der Waals surface area contributed by atoms with Crippen LogP contribution >= 0.6 is 43.5 Å². The quantitative estimate of drug-likeness (QED) is 0.435. The fourth-order valence-corrected chi connectivity index (χ4v) is 5.25. The highest BCUT2D eigenvalue weighted by atomic mass is 79.9. The molecule has 1 spiro atoms. The van der Waals surface area contributed by atoms with Gasteiger partial charge >= 0.3 is 0 Å². The molecule has 4 heteroatoms. The summed E-state index contributed by atoms with van der Waals surface area (Å²) < 4.78 is 0.00797. The zero-order valence-corrected chi connectivity index (χ0v) is 15.8. The molecular formula is C15H23Br2ClO. The van der Waals surface area contributed by atoms with Crippen molar-refractivity contribution in [3.63, 3.8) is 0 Å².